The Morgan fingerprint density at radius 1 is 1.27 bits per heavy atom. The highest BCUT2D eigenvalue weighted by Crippen LogP contribution is 2.37. The maximum absolute atomic E-state index is 12.2. The first-order valence-electron chi connectivity index (χ1n) is 9.64. The lowest BCUT2D eigenvalue weighted by Crippen LogP contribution is -2.58. The Morgan fingerprint density at radius 2 is 2.12 bits per heavy atom. The fourth-order valence-corrected chi connectivity index (χ4v) is 4.74. The van der Waals surface area contributed by atoms with E-state index in [-0.39, 0.29) is 29.8 Å². The van der Waals surface area contributed by atoms with E-state index in [0.29, 0.717) is 24.5 Å². The highest BCUT2D eigenvalue weighted by atomic mass is 32.2. The molecule has 2 fully saturated rings. The number of fused-ring (bicyclic) bond motifs is 2. The van der Waals surface area contributed by atoms with Gasteiger partial charge in [-0.15, -0.1) is 0 Å². The number of amides is 1. The third kappa shape index (κ3) is 5.24. The Kier molecular flexibility index (Phi) is 6.64. The second-order valence-electron chi connectivity index (χ2n) is 7.66. The van der Waals surface area contributed by atoms with Crippen LogP contribution in [-0.4, -0.2) is 46.1 Å². The Balaban J connectivity index is 1.73. The zero-order valence-corrected chi connectivity index (χ0v) is 16.1. The third-order valence-corrected chi connectivity index (χ3v) is 6.22. The summed E-state index contributed by atoms with van der Waals surface area (Å²) in [5, 5.41) is 13.7. The minimum Gasteiger partial charge on any atom is -0.462 e. The number of hydrogen-bond donors (Lipinski definition) is 2. The molecule has 2 bridgehead atoms. The molecular formula is C19H29NO5S. The average molecular weight is 384 g/mol. The molecule has 0 aromatic carbocycles. The van der Waals surface area contributed by atoms with Gasteiger partial charge >= 0.3 is 5.97 Å². The Morgan fingerprint density at radius 3 is 2.88 bits per heavy atom. The van der Waals surface area contributed by atoms with Crippen molar-refractivity contribution in [1.82, 2.24) is 5.32 Å². The van der Waals surface area contributed by atoms with E-state index in [1.54, 1.807) is 0 Å². The van der Waals surface area contributed by atoms with Crippen LogP contribution in [0.25, 0.3) is 0 Å². The van der Waals surface area contributed by atoms with Crippen LogP contribution in [0.1, 0.15) is 58.3 Å². The van der Waals surface area contributed by atoms with Crippen LogP contribution in [0, 0.1) is 5.92 Å². The molecule has 3 rings (SSSR count). The van der Waals surface area contributed by atoms with Crippen molar-refractivity contribution in [3.8, 4) is 0 Å². The average Bonchev–Trinajstić information content (AvgIpc) is 3.02. The fraction of sp³-hybridized carbons (Fsp3) is 0.789. The molecule has 3 heterocycles. The second kappa shape index (κ2) is 8.76. The minimum atomic E-state index is -1.48. The van der Waals surface area contributed by atoms with Crippen molar-refractivity contribution in [1.29, 1.82) is 0 Å². The SMILES string of the molecule is C[C@@H]1/C=C\CCCCC(=O)O[C@@H]2C[C@@H](CC1)O[C@@](O)([C@@H]1CSC(=O)N1)C2. The van der Waals surface area contributed by atoms with Crippen molar-refractivity contribution in [2.24, 2.45) is 5.92 Å². The Bertz CT molecular complexity index is 554. The van der Waals surface area contributed by atoms with Crippen molar-refractivity contribution in [3.05, 3.63) is 12.2 Å². The monoisotopic (exact) mass is 383 g/mol. The van der Waals surface area contributed by atoms with Crippen molar-refractivity contribution >= 4 is 23.0 Å². The van der Waals surface area contributed by atoms with Gasteiger partial charge in [0.05, 0.1) is 12.1 Å². The first-order valence-corrected chi connectivity index (χ1v) is 10.6. The summed E-state index contributed by atoms with van der Waals surface area (Å²) in [5.41, 5.74) is 0. The van der Waals surface area contributed by atoms with Crippen LogP contribution in [0.2, 0.25) is 0 Å². The van der Waals surface area contributed by atoms with E-state index in [9.17, 15) is 14.7 Å². The van der Waals surface area contributed by atoms with Gasteiger partial charge in [0, 0.05) is 25.0 Å². The predicted octanol–water partition coefficient (Wildman–Crippen LogP) is 3.14. The van der Waals surface area contributed by atoms with Crippen LogP contribution in [0.3, 0.4) is 0 Å². The lowest BCUT2D eigenvalue weighted by Gasteiger charge is -2.43. The summed E-state index contributed by atoms with van der Waals surface area (Å²) in [6, 6.07) is -0.472. The van der Waals surface area contributed by atoms with Gasteiger partial charge in [-0.1, -0.05) is 30.8 Å². The number of allylic oxidation sites excluding steroid dienone is 2. The molecule has 6 nitrogen and oxygen atoms in total. The van der Waals surface area contributed by atoms with Gasteiger partial charge in [0.1, 0.15) is 6.10 Å². The molecule has 3 aliphatic heterocycles. The van der Waals surface area contributed by atoms with Gasteiger partial charge in [-0.3, -0.25) is 9.59 Å². The molecular weight excluding hydrogens is 354 g/mol. The van der Waals surface area contributed by atoms with Gasteiger partial charge in [-0.05, 0) is 38.0 Å². The van der Waals surface area contributed by atoms with E-state index in [2.05, 4.69) is 24.4 Å². The lowest BCUT2D eigenvalue weighted by atomic mass is 9.90. The maximum atomic E-state index is 12.2. The quantitative estimate of drug-likeness (QED) is 0.534. The summed E-state index contributed by atoms with van der Waals surface area (Å²) >= 11 is 1.15. The zero-order chi connectivity index (χ0) is 18.6. The standard InChI is InChI=1S/C19H29NO5S/c1-13-6-4-2-3-5-7-17(21)24-15-10-14(9-8-13)25-19(23,11-15)16-12-26-18(22)20-16/h4,6,13-16,23H,2-3,5,7-12H2,1H3,(H,20,22)/b6-4-/t13-,14-,15-,16+,19-/m1/s1. The number of rotatable bonds is 1. The minimum absolute atomic E-state index is 0.149. The molecule has 146 valence electrons. The van der Waals surface area contributed by atoms with E-state index in [1.807, 2.05) is 0 Å². The summed E-state index contributed by atoms with van der Waals surface area (Å²) in [6.45, 7) is 2.18. The van der Waals surface area contributed by atoms with E-state index >= 15 is 0 Å². The molecule has 26 heavy (non-hydrogen) atoms. The topological polar surface area (TPSA) is 84.9 Å². The van der Waals surface area contributed by atoms with Gasteiger partial charge in [0.15, 0.2) is 5.79 Å². The summed E-state index contributed by atoms with van der Waals surface area (Å²) in [5.74, 6) is -0.790. The van der Waals surface area contributed by atoms with E-state index in [1.165, 1.54) is 0 Å². The largest absolute Gasteiger partial charge is 0.462 e. The molecule has 1 amide bonds. The summed E-state index contributed by atoms with van der Waals surface area (Å²) in [6.07, 6.45) is 9.56. The van der Waals surface area contributed by atoms with Gasteiger partial charge in [0.25, 0.3) is 5.24 Å². The van der Waals surface area contributed by atoms with Gasteiger partial charge in [0.2, 0.25) is 0 Å². The molecule has 5 atom stereocenters. The van der Waals surface area contributed by atoms with Crippen molar-refractivity contribution in [3.63, 3.8) is 0 Å². The summed E-state index contributed by atoms with van der Waals surface area (Å²) in [7, 11) is 0. The number of nitrogens with one attached hydrogen (secondary N) is 1. The smallest absolute Gasteiger partial charge is 0.306 e. The van der Waals surface area contributed by atoms with E-state index < -0.39 is 11.8 Å². The first-order chi connectivity index (χ1) is 12.4. The fourth-order valence-electron chi connectivity index (χ4n) is 3.86. The van der Waals surface area contributed by atoms with Crippen LogP contribution in [0.5, 0.6) is 0 Å². The van der Waals surface area contributed by atoms with Crippen molar-refractivity contribution < 1.29 is 24.2 Å². The van der Waals surface area contributed by atoms with Gasteiger partial charge < -0.3 is 19.9 Å². The maximum Gasteiger partial charge on any atom is 0.306 e. The molecule has 0 saturated carbocycles. The molecule has 3 aliphatic rings. The number of carbonyl (C=O) groups excluding carboxylic acids is 2. The van der Waals surface area contributed by atoms with Crippen molar-refractivity contribution in [2.45, 2.75) is 82.3 Å². The normalized spacial score (nSPS) is 41.0. The highest BCUT2D eigenvalue weighted by molar-refractivity contribution is 8.14. The number of ether oxygens (including phenoxy) is 2. The molecule has 0 aromatic heterocycles. The number of hydrogen-bond acceptors (Lipinski definition) is 6. The van der Waals surface area contributed by atoms with Crippen LogP contribution >= 0.6 is 11.8 Å². The molecule has 0 radical (unpaired) electrons. The van der Waals surface area contributed by atoms with Crippen molar-refractivity contribution in [2.75, 3.05) is 5.75 Å². The van der Waals surface area contributed by atoms with Gasteiger partial charge in [-0.25, -0.2) is 0 Å². The number of carbonyl (C=O) groups is 2. The molecule has 0 unspecified atom stereocenters. The summed E-state index contributed by atoms with van der Waals surface area (Å²) in [4.78, 5) is 23.7. The third-order valence-electron chi connectivity index (χ3n) is 5.34. The van der Waals surface area contributed by atoms with Crippen LogP contribution in [0.15, 0.2) is 12.2 Å². The van der Waals surface area contributed by atoms with Gasteiger partial charge in [-0.2, -0.15) is 0 Å². The molecule has 0 aliphatic carbocycles. The molecule has 0 spiro atoms. The zero-order valence-electron chi connectivity index (χ0n) is 15.3. The predicted molar refractivity (Wildman–Crippen MR) is 99.7 cm³/mol. The number of aliphatic hydroxyl groups is 1. The molecule has 0 aromatic rings. The first kappa shape index (κ1) is 19.7. The number of esters is 1. The Labute approximate surface area is 159 Å². The highest BCUT2D eigenvalue weighted by Gasteiger charge is 2.49. The summed E-state index contributed by atoms with van der Waals surface area (Å²) < 4.78 is 11.7. The second-order valence-corrected chi connectivity index (χ2v) is 8.65. The van der Waals surface area contributed by atoms with Crippen LogP contribution in [0.4, 0.5) is 4.79 Å². The molecule has 2 saturated heterocycles. The molecule has 2 N–H and O–H groups in total. The molecule has 7 heteroatoms. The van der Waals surface area contributed by atoms with E-state index in [0.717, 1.165) is 43.9 Å². The number of thioether (sulfide) groups is 1. The Hall–Kier alpha value is -1.05. The van der Waals surface area contributed by atoms with Crippen LogP contribution in [-0.2, 0) is 14.3 Å². The lowest BCUT2D eigenvalue weighted by molar-refractivity contribution is -0.284. The van der Waals surface area contributed by atoms with Crippen LogP contribution < -0.4 is 5.32 Å². The van der Waals surface area contributed by atoms with E-state index in [4.69, 9.17) is 9.47 Å².